The molecule has 0 aromatic heterocycles. The van der Waals surface area contributed by atoms with Gasteiger partial charge in [0.25, 0.3) is 11.8 Å². The molecule has 0 radical (unpaired) electrons. The Morgan fingerprint density at radius 3 is 2.12 bits per heavy atom. The van der Waals surface area contributed by atoms with Crippen LogP contribution in [0.25, 0.3) is 0 Å². The normalized spacial score (nSPS) is 13.8. The first-order valence-corrected chi connectivity index (χ1v) is 12.3. The van der Waals surface area contributed by atoms with E-state index >= 15 is 0 Å². The van der Waals surface area contributed by atoms with Crippen molar-refractivity contribution in [3.63, 3.8) is 0 Å². The van der Waals surface area contributed by atoms with Crippen molar-refractivity contribution >= 4 is 29.5 Å². The summed E-state index contributed by atoms with van der Waals surface area (Å²) in [6.45, 7) is 1.08. The molecule has 0 spiro atoms. The molecule has 0 bridgehead atoms. The summed E-state index contributed by atoms with van der Waals surface area (Å²) in [5.74, 6) is -0.622. The van der Waals surface area contributed by atoms with Gasteiger partial charge in [-0.3, -0.25) is 14.4 Å². The van der Waals surface area contributed by atoms with Gasteiger partial charge in [0.15, 0.2) is 0 Å². The number of hydrogen-bond acceptors (Lipinski definition) is 4. The molecular formula is C25H30FN3O3S. The lowest BCUT2D eigenvalue weighted by atomic mass is 9.89. The first kappa shape index (κ1) is 24.8. The lowest BCUT2D eigenvalue weighted by Gasteiger charge is -2.21. The van der Waals surface area contributed by atoms with Gasteiger partial charge in [0.2, 0.25) is 5.91 Å². The minimum absolute atomic E-state index is 0.0309. The third-order valence-electron chi connectivity index (χ3n) is 5.62. The van der Waals surface area contributed by atoms with Crippen molar-refractivity contribution in [3.8, 4) is 0 Å². The van der Waals surface area contributed by atoms with Gasteiger partial charge in [-0.05, 0) is 43.0 Å². The third-order valence-corrected chi connectivity index (χ3v) is 6.69. The molecule has 0 atom stereocenters. The van der Waals surface area contributed by atoms with Crippen molar-refractivity contribution < 1.29 is 18.8 Å². The molecule has 1 fully saturated rings. The Morgan fingerprint density at radius 2 is 1.42 bits per heavy atom. The minimum Gasteiger partial charge on any atom is -0.355 e. The predicted octanol–water partition coefficient (Wildman–Crippen LogP) is 3.77. The Labute approximate surface area is 198 Å². The quantitative estimate of drug-likeness (QED) is 0.364. The molecule has 3 rings (SSSR count). The van der Waals surface area contributed by atoms with Crippen LogP contribution in [0.15, 0.2) is 53.4 Å². The van der Waals surface area contributed by atoms with Gasteiger partial charge in [-0.2, -0.15) is 0 Å². The number of nitrogens with one attached hydrogen (secondary N) is 3. The number of carbonyl (C=O) groups excluding carboxylic acids is 3. The van der Waals surface area contributed by atoms with E-state index in [1.165, 1.54) is 62.1 Å². The van der Waals surface area contributed by atoms with Crippen molar-refractivity contribution in [1.82, 2.24) is 16.0 Å². The zero-order valence-corrected chi connectivity index (χ0v) is 19.4. The molecule has 2 aromatic carbocycles. The smallest absolute Gasteiger partial charge is 0.254 e. The fourth-order valence-corrected chi connectivity index (χ4v) is 4.69. The molecular weight excluding hydrogens is 441 g/mol. The van der Waals surface area contributed by atoms with E-state index in [4.69, 9.17) is 0 Å². The number of benzene rings is 2. The molecule has 1 saturated carbocycles. The fourth-order valence-electron chi connectivity index (χ4n) is 3.81. The van der Waals surface area contributed by atoms with Crippen molar-refractivity contribution in [2.45, 2.75) is 37.0 Å². The molecule has 0 unspecified atom stereocenters. The van der Waals surface area contributed by atoms with Crippen LogP contribution in [0.5, 0.6) is 0 Å². The summed E-state index contributed by atoms with van der Waals surface area (Å²) in [7, 11) is 0. The number of rotatable bonds is 10. The molecule has 3 N–H and O–H groups in total. The van der Waals surface area contributed by atoms with E-state index < -0.39 is 11.7 Å². The highest BCUT2D eigenvalue weighted by molar-refractivity contribution is 8.00. The molecule has 0 saturated heterocycles. The molecule has 33 heavy (non-hydrogen) atoms. The first-order valence-electron chi connectivity index (χ1n) is 11.3. The summed E-state index contributed by atoms with van der Waals surface area (Å²) in [5, 5.41) is 8.36. The van der Waals surface area contributed by atoms with Crippen molar-refractivity contribution in [2.75, 3.05) is 25.4 Å². The SMILES string of the molecule is O=C(CSc1ccccc1C(=O)NCCNC(=O)c1ccccc1F)NCC1CCCCC1. The average molecular weight is 472 g/mol. The monoisotopic (exact) mass is 471 g/mol. The Bertz CT molecular complexity index is 963. The number of hydrogen-bond donors (Lipinski definition) is 3. The second kappa shape index (κ2) is 13.0. The van der Waals surface area contributed by atoms with Crippen LogP contribution in [0.2, 0.25) is 0 Å². The first-order chi connectivity index (χ1) is 16.0. The summed E-state index contributed by atoms with van der Waals surface area (Å²) in [6.07, 6.45) is 6.13. The largest absolute Gasteiger partial charge is 0.355 e. The molecule has 6 nitrogen and oxygen atoms in total. The van der Waals surface area contributed by atoms with Gasteiger partial charge in [0.1, 0.15) is 5.82 Å². The summed E-state index contributed by atoms with van der Waals surface area (Å²) < 4.78 is 13.7. The van der Waals surface area contributed by atoms with E-state index in [-0.39, 0.29) is 36.2 Å². The molecule has 1 aliphatic carbocycles. The van der Waals surface area contributed by atoms with E-state index in [1.54, 1.807) is 18.2 Å². The summed E-state index contributed by atoms with van der Waals surface area (Å²) in [4.78, 5) is 37.6. The number of thioether (sulfide) groups is 1. The molecule has 3 amide bonds. The van der Waals surface area contributed by atoms with Crippen LogP contribution in [-0.2, 0) is 4.79 Å². The van der Waals surface area contributed by atoms with Crippen LogP contribution >= 0.6 is 11.8 Å². The number of carbonyl (C=O) groups is 3. The lowest BCUT2D eigenvalue weighted by Crippen LogP contribution is -2.35. The fraction of sp³-hybridized carbons (Fsp3) is 0.400. The van der Waals surface area contributed by atoms with Gasteiger partial charge in [-0.1, -0.05) is 43.5 Å². The molecule has 176 valence electrons. The maximum absolute atomic E-state index is 13.7. The van der Waals surface area contributed by atoms with Crippen LogP contribution in [0, 0.1) is 11.7 Å². The predicted molar refractivity (Wildman–Crippen MR) is 128 cm³/mol. The van der Waals surface area contributed by atoms with Crippen LogP contribution < -0.4 is 16.0 Å². The Hall–Kier alpha value is -2.87. The topological polar surface area (TPSA) is 87.3 Å². The summed E-state index contributed by atoms with van der Waals surface area (Å²) in [6, 6.07) is 12.8. The second-order valence-electron chi connectivity index (χ2n) is 8.08. The summed E-state index contributed by atoms with van der Waals surface area (Å²) >= 11 is 1.33. The van der Waals surface area contributed by atoms with Crippen molar-refractivity contribution in [1.29, 1.82) is 0 Å². The van der Waals surface area contributed by atoms with Crippen LogP contribution in [0.3, 0.4) is 0 Å². The Balaban J connectivity index is 1.42. The van der Waals surface area contributed by atoms with Gasteiger partial charge < -0.3 is 16.0 Å². The zero-order valence-electron chi connectivity index (χ0n) is 18.6. The van der Waals surface area contributed by atoms with Gasteiger partial charge in [-0.15, -0.1) is 11.8 Å². The van der Waals surface area contributed by atoms with Gasteiger partial charge >= 0.3 is 0 Å². The van der Waals surface area contributed by atoms with Crippen LogP contribution in [0.4, 0.5) is 4.39 Å². The van der Waals surface area contributed by atoms with Crippen LogP contribution in [0.1, 0.15) is 52.8 Å². The van der Waals surface area contributed by atoms with Gasteiger partial charge in [-0.25, -0.2) is 4.39 Å². The van der Waals surface area contributed by atoms with Crippen molar-refractivity contribution in [3.05, 3.63) is 65.5 Å². The number of halogens is 1. The minimum atomic E-state index is -0.590. The molecule has 1 aliphatic rings. The second-order valence-corrected chi connectivity index (χ2v) is 9.10. The highest BCUT2D eigenvalue weighted by Crippen LogP contribution is 2.24. The lowest BCUT2D eigenvalue weighted by molar-refractivity contribution is -0.118. The molecule has 8 heteroatoms. The molecule has 2 aromatic rings. The zero-order chi connectivity index (χ0) is 23.5. The van der Waals surface area contributed by atoms with E-state index in [1.807, 2.05) is 12.1 Å². The Morgan fingerprint density at radius 1 is 0.818 bits per heavy atom. The maximum Gasteiger partial charge on any atom is 0.254 e. The maximum atomic E-state index is 13.7. The molecule has 0 heterocycles. The highest BCUT2D eigenvalue weighted by atomic mass is 32.2. The van der Waals surface area contributed by atoms with E-state index in [9.17, 15) is 18.8 Å². The van der Waals surface area contributed by atoms with E-state index in [0.29, 0.717) is 11.5 Å². The van der Waals surface area contributed by atoms with E-state index in [0.717, 1.165) is 11.4 Å². The third kappa shape index (κ3) is 7.89. The Kier molecular flexibility index (Phi) is 9.75. The van der Waals surface area contributed by atoms with Crippen molar-refractivity contribution in [2.24, 2.45) is 5.92 Å². The van der Waals surface area contributed by atoms with Crippen LogP contribution in [-0.4, -0.2) is 43.1 Å². The summed E-state index contributed by atoms with van der Waals surface area (Å²) in [5.41, 5.74) is 0.440. The molecule has 0 aliphatic heterocycles. The average Bonchev–Trinajstić information content (AvgIpc) is 2.85. The van der Waals surface area contributed by atoms with E-state index in [2.05, 4.69) is 16.0 Å². The van der Waals surface area contributed by atoms with Gasteiger partial charge in [0.05, 0.1) is 16.9 Å². The number of amides is 3. The highest BCUT2D eigenvalue weighted by Gasteiger charge is 2.16. The van der Waals surface area contributed by atoms with Gasteiger partial charge in [0, 0.05) is 24.5 Å². The standard InChI is InChI=1S/C25H30FN3O3S/c26-21-12-6-4-10-19(21)24(31)27-14-15-28-25(32)20-11-5-7-13-22(20)33-17-23(30)29-16-18-8-2-1-3-9-18/h4-7,10-13,18H,1-3,8-9,14-17H2,(H,27,31)(H,28,32)(H,29,30).